The SMILES string of the molecule is NC(=O)NCNC(=O)NCNC(=O)NCNC(=O)NCO. The minimum atomic E-state index is -0.787. The summed E-state index contributed by atoms with van der Waals surface area (Å²) in [4.78, 5) is 43.4. The molecule has 21 heavy (non-hydrogen) atoms. The maximum atomic E-state index is 11.2. The van der Waals surface area contributed by atoms with Crippen LogP contribution in [0.1, 0.15) is 0 Å². The molecule has 0 aliphatic carbocycles. The number of carbonyl (C=O) groups is 4. The van der Waals surface area contributed by atoms with Crippen molar-refractivity contribution in [2.75, 3.05) is 26.7 Å². The fourth-order valence-electron chi connectivity index (χ4n) is 0.880. The van der Waals surface area contributed by atoms with Gasteiger partial charge in [0, 0.05) is 0 Å². The van der Waals surface area contributed by atoms with Crippen LogP contribution in [0.3, 0.4) is 0 Å². The summed E-state index contributed by atoms with van der Waals surface area (Å²) in [7, 11) is 0. The first-order chi connectivity index (χ1) is 9.95. The van der Waals surface area contributed by atoms with Crippen LogP contribution in [0.15, 0.2) is 0 Å². The Morgan fingerprint density at radius 3 is 1.33 bits per heavy atom. The molecule has 0 rings (SSSR count). The van der Waals surface area contributed by atoms with Crippen molar-refractivity contribution in [3.8, 4) is 0 Å². The molecule has 0 fully saturated rings. The van der Waals surface area contributed by atoms with Crippen molar-refractivity contribution in [1.29, 1.82) is 0 Å². The summed E-state index contributed by atoms with van der Waals surface area (Å²) in [6.07, 6.45) is 0. The van der Waals surface area contributed by atoms with Crippen LogP contribution in [-0.2, 0) is 0 Å². The Hall–Kier alpha value is -2.96. The van der Waals surface area contributed by atoms with Crippen LogP contribution in [0, 0.1) is 0 Å². The quantitative estimate of drug-likeness (QED) is 0.218. The third-order valence-electron chi connectivity index (χ3n) is 1.75. The number of nitrogens with two attached hydrogens (primary N) is 1. The van der Waals surface area contributed by atoms with E-state index in [4.69, 9.17) is 10.8 Å². The normalized spacial score (nSPS) is 9.00. The van der Waals surface area contributed by atoms with Gasteiger partial charge in [-0.1, -0.05) is 0 Å². The number of nitrogens with one attached hydrogen (secondary N) is 7. The highest BCUT2D eigenvalue weighted by Crippen LogP contribution is 1.66. The lowest BCUT2D eigenvalue weighted by atomic mass is 10.8. The molecule has 13 nitrogen and oxygen atoms in total. The van der Waals surface area contributed by atoms with Gasteiger partial charge in [0.1, 0.15) is 6.73 Å². The van der Waals surface area contributed by atoms with Gasteiger partial charge < -0.3 is 48.1 Å². The summed E-state index contributed by atoms with van der Waals surface area (Å²) in [5.74, 6) is 0. The fraction of sp³-hybridized carbons (Fsp3) is 0.500. The van der Waals surface area contributed by atoms with Crippen molar-refractivity contribution in [2.24, 2.45) is 5.73 Å². The van der Waals surface area contributed by atoms with Crippen LogP contribution in [0.4, 0.5) is 19.2 Å². The second-order valence-corrected chi connectivity index (χ2v) is 3.28. The zero-order chi connectivity index (χ0) is 16.1. The van der Waals surface area contributed by atoms with Gasteiger partial charge in [-0.15, -0.1) is 0 Å². The van der Waals surface area contributed by atoms with E-state index in [0.717, 1.165) is 0 Å². The molecular weight excluding hydrogens is 288 g/mol. The first kappa shape index (κ1) is 18.0. The average molecular weight is 306 g/mol. The number of amides is 8. The maximum Gasteiger partial charge on any atom is 0.317 e. The first-order valence-electron chi connectivity index (χ1n) is 5.65. The van der Waals surface area contributed by atoms with E-state index in [2.05, 4.69) is 31.9 Å². The molecule has 120 valence electrons. The highest BCUT2D eigenvalue weighted by atomic mass is 16.3. The van der Waals surface area contributed by atoms with Gasteiger partial charge in [-0.05, 0) is 0 Å². The smallest absolute Gasteiger partial charge is 0.317 e. The molecule has 0 saturated heterocycles. The zero-order valence-electron chi connectivity index (χ0n) is 11.0. The Kier molecular flexibility index (Phi) is 9.38. The minimum absolute atomic E-state index is 0.156. The predicted molar refractivity (Wildman–Crippen MR) is 69.4 cm³/mol. The van der Waals surface area contributed by atoms with Gasteiger partial charge in [0.25, 0.3) is 0 Å². The van der Waals surface area contributed by atoms with E-state index in [-0.39, 0.29) is 20.0 Å². The lowest BCUT2D eigenvalue weighted by Crippen LogP contribution is -2.50. The minimum Gasteiger partial charge on any atom is -0.376 e. The number of rotatable bonds is 7. The second-order valence-electron chi connectivity index (χ2n) is 3.28. The molecule has 13 heteroatoms. The third-order valence-corrected chi connectivity index (χ3v) is 1.75. The predicted octanol–water partition coefficient (Wildman–Crippen LogP) is -3.63. The van der Waals surface area contributed by atoms with Crippen molar-refractivity contribution in [1.82, 2.24) is 37.2 Å². The van der Waals surface area contributed by atoms with Crippen LogP contribution in [0.25, 0.3) is 0 Å². The van der Waals surface area contributed by atoms with Crippen molar-refractivity contribution in [2.45, 2.75) is 0 Å². The van der Waals surface area contributed by atoms with E-state index in [1.54, 1.807) is 0 Å². The number of hydrogen-bond acceptors (Lipinski definition) is 5. The molecule has 0 aliphatic heterocycles. The number of carbonyl (C=O) groups excluding carboxylic acids is 4. The Bertz CT molecular complexity index is 376. The molecule has 0 atom stereocenters. The lowest BCUT2D eigenvalue weighted by molar-refractivity contribution is 0.216. The third kappa shape index (κ3) is 11.8. The van der Waals surface area contributed by atoms with Gasteiger partial charge in [0.15, 0.2) is 0 Å². The van der Waals surface area contributed by atoms with E-state index in [1.165, 1.54) is 0 Å². The van der Waals surface area contributed by atoms with Crippen LogP contribution in [0.5, 0.6) is 0 Å². The van der Waals surface area contributed by atoms with Gasteiger partial charge in [-0.2, -0.15) is 0 Å². The highest BCUT2D eigenvalue weighted by molar-refractivity contribution is 5.78. The summed E-state index contributed by atoms with van der Waals surface area (Å²) >= 11 is 0. The summed E-state index contributed by atoms with van der Waals surface area (Å²) in [6.45, 7) is -1.04. The molecule has 10 N–H and O–H groups in total. The second kappa shape index (κ2) is 10.9. The van der Waals surface area contributed by atoms with Crippen LogP contribution in [-0.4, -0.2) is 56.0 Å². The molecule has 0 bridgehead atoms. The largest absolute Gasteiger partial charge is 0.376 e. The topological polar surface area (TPSA) is 199 Å². The standard InChI is InChI=1S/C8H18N8O5/c9-5(18)10-1-11-6(19)12-2-13-7(20)14-3-15-8(21)16-4-17/h17H,1-4H2,(H3,9,10,18)(H2,11,12,19)(H2,13,14,20)(H2,15,16,21). The van der Waals surface area contributed by atoms with Gasteiger partial charge >= 0.3 is 24.1 Å². The molecule has 0 aliphatic rings. The van der Waals surface area contributed by atoms with Crippen molar-refractivity contribution in [3.05, 3.63) is 0 Å². The van der Waals surface area contributed by atoms with Crippen molar-refractivity contribution >= 4 is 24.1 Å². The molecule has 8 amide bonds. The number of primary amides is 1. The Labute approximate surface area is 119 Å². The number of urea groups is 4. The number of hydrogen-bond donors (Lipinski definition) is 9. The van der Waals surface area contributed by atoms with E-state index >= 15 is 0 Å². The van der Waals surface area contributed by atoms with E-state index in [0.29, 0.717) is 0 Å². The van der Waals surface area contributed by atoms with Crippen LogP contribution in [0.2, 0.25) is 0 Å². The van der Waals surface area contributed by atoms with E-state index in [1.807, 2.05) is 5.32 Å². The Morgan fingerprint density at radius 1 is 0.667 bits per heavy atom. The van der Waals surface area contributed by atoms with Crippen molar-refractivity contribution < 1.29 is 24.3 Å². The number of aliphatic hydroxyl groups excluding tert-OH is 1. The van der Waals surface area contributed by atoms with Gasteiger partial charge in [-0.25, -0.2) is 19.2 Å². The molecular formula is C8H18N8O5. The lowest BCUT2D eigenvalue weighted by Gasteiger charge is -2.10. The monoisotopic (exact) mass is 306 g/mol. The average Bonchev–Trinajstić information content (AvgIpc) is 2.38. The van der Waals surface area contributed by atoms with Gasteiger partial charge in [0.2, 0.25) is 0 Å². The molecule has 0 heterocycles. The zero-order valence-corrected chi connectivity index (χ0v) is 11.0. The van der Waals surface area contributed by atoms with Crippen LogP contribution < -0.4 is 43.0 Å². The molecule has 0 spiro atoms. The molecule has 0 unspecified atom stereocenters. The Balaban J connectivity index is 3.54. The molecule has 0 radical (unpaired) electrons. The number of aliphatic hydroxyl groups is 1. The molecule has 0 aromatic carbocycles. The summed E-state index contributed by atoms with van der Waals surface area (Å²) in [5, 5.41) is 23.8. The molecule has 0 saturated carbocycles. The van der Waals surface area contributed by atoms with E-state index in [9.17, 15) is 19.2 Å². The maximum absolute atomic E-state index is 11.2. The van der Waals surface area contributed by atoms with Gasteiger partial charge in [-0.3, -0.25) is 0 Å². The van der Waals surface area contributed by atoms with E-state index < -0.39 is 30.9 Å². The summed E-state index contributed by atoms with van der Waals surface area (Å²) < 4.78 is 0. The van der Waals surface area contributed by atoms with Crippen LogP contribution >= 0.6 is 0 Å². The molecule has 0 aromatic rings. The van der Waals surface area contributed by atoms with Gasteiger partial charge in [0.05, 0.1) is 20.0 Å². The first-order valence-corrected chi connectivity index (χ1v) is 5.65. The molecule has 0 aromatic heterocycles. The fourth-order valence-corrected chi connectivity index (χ4v) is 0.880. The van der Waals surface area contributed by atoms with Crippen molar-refractivity contribution in [3.63, 3.8) is 0 Å². The summed E-state index contributed by atoms with van der Waals surface area (Å²) in [6, 6.07) is -2.72. The highest BCUT2D eigenvalue weighted by Gasteiger charge is 2.02. The Morgan fingerprint density at radius 2 is 1.00 bits per heavy atom. The summed E-state index contributed by atoms with van der Waals surface area (Å²) in [5.41, 5.74) is 4.77.